The van der Waals surface area contributed by atoms with Gasteiger partial charge in [-0.3, -0.25) is 0 Å². The Morgan fingerprint density at radius 1 is 0.842 bits per heavy atom. The van der Waals surface area contributed by atoms with Gasteiger partial charge < -0.3 is 13.3 Å². The van der Waals surface area contributed by atoms with Crippen LogP contribution in [0.25, 0.3) is 0 Å². The summed E-state index contributed by atoms with van der Waals surface area (Å²) < 4.78 is 18.0. The van der Waals surface area contributed by atoms with E-state index in [2.05, 4.69) is 0 Å². The second-order valence-corrected chi connectivity index (χ2v) is 10.3. The quantitative estimate of drug-likeness (QED) is 0.559. The summed E-state index contributed by atoms with van der Waals surface area (Å²) in [6.07, 6.45) is 6.00. The van der Waals surface area contributed by atoms with Crippen molar-refractivity contribution in [2.75, 3.05) is 0 Å². The van der Waals surface area contributed by atoms with Crippen molar-refractivity contribution in [3.8, 4) is 0 Å². The second kappa shape index (κ2) is 6.44. The molecule has 0 saturated heterocycles. The Balaban J connectivity index is 2.72. The minimum absolute atomic E-state index is 0.183. The first kappa shape index (κ1) is 17.4. The lowest BCUT2D eigenvalue weighted by Gasteiger charge is -2.38. The molecule has 0 atom stereocenters. The maximum Gasteiger partial charge on any atom is 0.614 e. The third-order valence-electron chi connectivity index (χ3n) is 2.72. The maximum atomic E-state index is 6.61. The molecule has 0 radical (unpaired) electrons. The van der Waals surface area contributed by atoms with Crippen molar-refractivity contribution in [3.63, 3.8) is 0 Å². The van der Waals surface area contributed by atoms with E-state index in [4.69, 9.17) is 24.4 Å². The molecule has 5 heteroatoms. The Morgan fingerprint density at radius 2 is 1.26 bits per heavy atom. The average molecular weight is 309 g/mol. The van der Waals surface area contributed by atoms with Gasteiger partial charge in [-0.05, 0) is 54.4 Å². The highest BCUT2D eigenvalue weighted by molar-refractivity contribution is 7.09. The van der Waals surface area contributed by atoms with Crippen LogP contribution in [0.2, 0.25) is 0 Å². The molecule has 3 nitrogen and oxygen atoms in total. The highest BCUT2D eigenvalue weighted by Crippen LogP contribution is 2.32. The molecule has 1 aliphatic carbocycles. The lowest BCUT2D eigenvalue weighted by Crippen LogP contribution is -2.52. The van der Waals surface area contributed by atoms with Crippen LogP contribution in [-0.4, -0.2) is 25.4 Å². The predicted molar refractivity (Wildman–Crippen MR) is 81.2 cm³/mol. The van der Waals surface area contributed by atoms with Gasteiger partial charge in [0.25, 0.3) is 0 Å². The molecule has 0 aromatic rings. The van der Waals surface area contributed by atoms with Crippen LogP contribution in [0.1, 0.15) is 73.6 Å². The van der Waals surface area contributed by atoms with Gasteiger partial charge in [0.05, 0.1) is 17.3 Å². The van der Waals surface area contributed by atoms with Gasteiger partial charge in [-0.25, -0.2) is 0 Å². The van der Waals surface area contributed by atoms with Crippen molar-refractivity contribution in [2.24, 2.45) is 0 Å². The summed E-state index contributed by atoms with van der Waals surface area (Å²) in [7, 11) is -3.14. The van der Waals surface area contributed by atoms with Crippen LogP contribution in [0, 0.1) is 0 Å². The molecule has 1 aliphatic rings. The molecule has 0 aromatic carbocycles. The number of rotatable bonds is 4. The molecule has 1 rings (SSSR count). The van der Waals surface area contributed by atoms with E-state index in [9.17, 15) is 0 Å². The predicted octanol–water partition coefficient (Wildman–Crippen LogP) is 4.64. The van der Waals surface area contributed by atoms with Gasteiger partial charge in [-0.15, -0.1) is 0 Å². The maximum absolute atomic E-state index is 6.61. The molecule has 0 spiro atoms. The van der Waals surface area contributed by atoms with Gasteiger partial charge >= 0.3 is 8.11 Å². The van der Waals surface area contributed by atoms with E-state index in [1.54, 1.807) is 0 Å². The number of hydrogen-bond donors (Lipinski definition) is 0. The Kier molecular flexibility index (Phi) is 5.91. The summed E-state index contributed by atoms with van der Waals surface area (Å²) in [5.74, 6) is 0. The number of halogens is 1. The zero-order valence-corrected chi connectivity index (χ0v) is 15.0. The monoisotopic (exact) mass is 308 g/mol. The Hall–Kier alpha value is 0.387. The van der Waals surface area contributed by atoms with E-state index in [0.717, 1.165) is 12.8 Å². The summed E-state index contributed by atoms with van der Waals surface area (Å²) in [6, 6.07) is 0. The Morgan fingerprint density at radius 3 is 1.63 bits per heavy atom. The molecule has 1 fully saturated rings. The summed E-state index contributed by atoms with van der Waals surface area (Å²) in [5, 5.41) is 0. The molecule has 0 unspecified atom stereocenters. The zero-order valence-electron chi connectivity index (χ0n) is 13.2. The first-order valence-electron chi connectivity index (χ1n) is 7.26. The SMILES string of the molecule is CC(C)(C)O[Si](Cl)(OC1CCCCC1)OC(C)(C)C. The van der Waals surface area contributed by atoms with Gasteiger partial charge in [0.15, 0.2) is 0 Å². The van der Waals surface area contributed by atoms with E-state index in [-0.39, 0.29) is 17.3 Å². The van der Waals surface area contributed by atoms with Gasteiger partial charge in [-0.2, -0.15) is 0 Å². The van der Waals surface area contributed by atoms with Crippen LogP contribution in [0.5, 0.6) is 0 Å². The van der Waals surface area contributed by atoms with Crippen LogP contribution < -0.4 is 0 Å². The van der Waals surface area contributed by atoms with Crippen LogP contribution in [0.15, 0.2) is 0 Å². The van der Waals surface area contributed by atoms with E-state index in [1.807, 2.05) is 41.5 Å². The van der Waals surface area contributed by atoms with Crippen molar-refractivity contribution in [2.45, 2.75) is 91.0 Å². The van der Waals surface area contributed by atoms with Gasteiger partial charge in [0, 0.05) is 0 Å². The van der Waals surface area contributed by atoms with Crippen molar-refractivity contribution >= 4 is 19.2 Å². The molecule has 0 aliphatic heterocycles. The van der Waals surface area contributed by atoms with Crippen molar-refractivity contribution < 1.29 is 13.3 Å². The van der Waals surface area contributed by atoms with Crippen molar-refractivity contribution in [1.82, 2.24) is 0 Å². The molecular weight excluding hydrogens is 280 g/mol. The van der Waals surface area contributed by atoms with E-state index in [0.29, 0.717) is 0 Å². The fourth-order valence-corrected chi connectivity index (χ4v) is 6.18. The molecular formula is C14H29ClO3Si. The lowest BCUT2D eigenvalue weighted by atomic mass is 9.98. The first-order chi connectivity index (χ1) is 8.49. The van der Waals surface area contributed by atoms with E-state index in [1.165, 1.54) is 19.3 Å². The molecule has 0 N–H and O–H groups in total. The molecule has 0 heterocycles. The molecule has 114 valence electrons. The normalized spacial score (nSPS) is 19.7. The summed E-state index contributed by atoms with van der Waals surface area (Å²) >= 11 is 6.61. The second-order valence-electron chi connectivity index (χ2n) is 7.29. The van der Waals surface area contributed by atoms with Crippen molar-refractivity contribution in [1.29, 1.82) is 0 Å². The van der Waals surface area contributed by atoms with Gasteiger partial charge in [0.1, 0.15) is 0 Å². The summed E-state index contributed by atoms with van der Waals surface area (Å²) in [5.41, 5.74) is -0.734. The third kappa shape index (κ3) is 7.66. The minimum atomic E-state index is -3.14. The largest absolute Gasteiger partial charge is 0.614 e. The Labute approximate surface area is 124 Å². The van der Waals surface area contributed by atoms with E-state index < -0.39 is 8.11 Å². The molecule has 1 saturated carbocycles. The average Bonchev–Trinajstić information content (AvgIpc) is 2.11. The van der Waals surface area contributed by atoms with Crippen LogP contribution in [0.3, 0.4) is 0 Å². The lowest BCUT2D eigenvalue weighted by molar-refractivity contribution is -0.0488. The third-order valence-corrected chi connectivity index (χ3v) is 5.77. The molecule has 19 heavy (non-hydrogen) atoms. The zero-order chi connectivity index (χ0) is 14.7. The smallest absolute Gasteiger partial charge is 0.358 e. The summed E-state index contributed by atoms with van der Waals surface area (Å²) in [4.78, 5) is 0. The highest BCUT2D eigenvalue weighted by atomic mass is 35.6. The standard InChI is InChI=1S/C14H29ClO3Si/c1-13(2,3)17-19(15,18-14(4,5)6)16-12-10-8-7-9-11-12/h12H,7-11H2,1-6H3. The van der Waals surface area contributed by atoms with Crippen LogP contribution >= 0.6 is 11.1 Å². The topological polar surface area (TPSA) is 27.7 Å². The number of hydrogen-bond acceptors (Lipinski definition) is 3. The molecule has 0 aromatic heterocycles. The highest BCUT2D eigenvalue weighted by Gasteiger charge is 2.48. The minimum Gasteiger partial charge on any atom is -0.358 e. The Bertz CT molecular complexity index is 261. The molecule has 0 bridgehead atoms. The van der Waals surface area contributed by atoms with Gasteiger partial charge in [0.2, 0.25) is 0 Å². The first-order valence-corrected chi connectivity index (χ1v) is 10.00. The van der Waals surface area contributed by atoms with Gasteiger partial charge in [-0.1, -0.05) is 30.3 Å². The fraction of sp³-hybridized carbons (Fsp3) is 1.00. The summed E-state index contributed by atoms with van der Waals surface area (Å²) in [6.45, 7) is 11.9. The van der Waals surface area contributed by atoms with E-state index >= 15 is 0 Å². The molecule has 0 amide bonds. The fourth-order valence-electron chi connectivity index (χ4n) is 2.18. The van der Waals surface area contributed by atoms with Crippen molar-refractivity contribution in [3.05, 3.63) is 0 Å². The van der Waals surface area contributed by atoms with Crippen LogP contribution in [0.4, 0.5) is 0 Å². The van der Waals surface area contributed by atoms with Crippen LogP contribution in [-0.2, 0) is 13.3 Å².